The molecule has 2 aliphatic rings. The van der Waals surface area contributed by atoms with Gasteiger partial charge in [-0.1, -0.05) is 0 Å². The Morgan fingerprint density at radius 2 is 1.95 bits per heavy atom. The second-order valence-corrected chi connectivity index (χ2v) is 6.69. The van der Waals surface area contributed by atoms with E-state index in [9.17, 15) is 0 Å². The lowest BCUT2D eigenvalue weighted by Gasteiger charge is -2.08. The maximum atomic E-state index is 5.92. The van der Waals surface area contributed by atoms with E-state index in [1.54, 1.807) is 0 Å². The van der Waals surface area contributed by atoms with Crippen LogP contribution in [0.3, 0.4) is 0 Å². The third kappa shape index (κ3) is 3.02. The number of benzene rings is 1. The molecule has 1 saturated carbocycles. The summed E-state index contributed by atoms with van der Waals surface area (Å²) in [6.07, 6.45) is 2.86. The van der Waals surface area contributed by atoms with E-state index in [-0.39, 0.29) is 0 Å². The van der Waals surface area contributed by atoms with Crippen LogP contribution in [0.2, 0.25) is 0 Å². The summed E-state index contributed by atoms with van der Waals surface area (Å²) in [6, 6.07) is 11.0. The van der Waals surface area contributed by atoms with Gasteiger partial charge in [0.25, 0.3) is 0 Å². The minimum atomic E-state index is 0.635. The normalized spacial score (nSPS) is 23.5. The summed E-state index contributed by atoms with van der Waals surface area (Å²) in [5, 5.41) is 4.51. The number of rotatable bonds is 6. The summed E-state index contributed by atoms with van der Waals surface area (Å²) in [6.45, 7) is 7.40. The highest BCUT2D eigenvalue weighted by atomic mass is 16.5. The van der Waals surface area contributed by atoms with Crippen LogP contribution < -0.4 is 4.74 Å². The molecule has 0 spiro atoms. The molecule has 22 heavy (non-hydrogen) atoms. The van der Waals surface area contributed by atoms with E-state index < -0.39 is 0 Å². The van der Waals surface area contributed by atoms with Crippen LogP contribution in [0, 0.1) is 19.8 Å². The van der Waals surface area contributed by atoms with Gasteiger partial charge in [-0.05, 0) is 62.9 Å². The summed E-state index contributed by atoms with van der Waals surface area (Å²) in [4.78, 5) is 2.53. The lowest BCUT2D eigenvalue weighted by atomic mass is 10.3. The van der Waals surface area contributed by atoms with Gasteiger partial charge in [-0.2, -0.15) is 5.10 Å². The predicted octanol–water partition coefficient (Wildman–Crippen LogP) is 2.96. The number of aromatic nitrogens is 2. The highest BCUT2D eigenvalue weighted by Crippen LogP contribution is 2.33. The number of nitrogens with zero attached hydrogens (tertiary/aromatic N) is 3. The average molecular weight is 297 g/mol. The van der Waals surface area contributed by atoms with Gasteiger partial charge in [0.2, 0.25) is 0 Å². The van der Waals surface area contributed by atoms with E-state index in [1.807, 2.05) is 23.7 Å². The van der Waals surface area contributed by atoms with Crippen LogP contribution in [-0.2, 0) is 0 Å². The Morgan fingerprint density at radius 1 is 1.18 bits per heavy atom. The van der Waals surface area contributed by atoms with Crippen molar-refractivity contribution < 1.29 is 4.74 Å². The first-order chi connectivity index (χ1) is 10.7. The third-order valence-electron chi connectivity index (χ3n) is 4.55. The van der Waals surface area contributed by atoms with Crippen LogP contribution in [0.1, 0.15) is 24.2 Å². The maximum absolute atomic E-state index is 5.92. The Hall–Kier alpha value is -1.81. The van der Waals surface area contributed by atoms with Crippen molar-refractivity contribution in [2.45, 2.75) is 32.7 Å². The molecule has 2 unspecified atom stereocenters. The Kier molecular flexibility index (Phi) is 3.41. The average Bonchev–Trinajstić information content (AvgIpc) is 3.42. The highest BCUT2D eigenvalue weighted by Gasteiger charge is 2.38. The predicted molar refractivity (Wildman–Crippen MR) is 86.6 cm³/mol. The molecule has 2 heterocycles. The van der Waals surface area contributed by atoms with E-state index in [4.69, 9.17) is 4.74 Å². The van der Waals surface area contributed by atoms with Gasteiger partial charge in [-0.3, -0.25) is 4.90 Å². The molecule has 1 aliphatic heterocycles. The van der Waals surface area contributed by atoms with Crippen molar-refractivity contribution in [1.82, 2.24) is 14.7 Å². The molecule has 0 N–H and O–H groups in total. The van der Waals surface area contributed by atoms with Crippen molar-refractivity contribution in [2.24, 2.45) is 5.92 Å². The zero-order valence-electron chi connectivity index (χ0n) is 13.3. The van der Waals surface area contributed by atoms with Gasteiger partial charge in [0.05, 0.1) is 17.4 Å². The molecule has 4 heteroatoms. The van der Waals surface area contributed by atoms with E-state index in [0.29, 0.717) is 6.04 Å². The minimum Gasteiger partial charge on any atom is -0.492 e. The van der Waals surface area contributed by atoms with E-state index in [1.165, 1.54) is 25.9 Å². The smallest absolute Gasteiger partial charge is 0.119 e. The quantitative estimate of drug-likeness (QED) is 0.768. The highest BCUT2D eigenvalue weighted by molar-refractivity contribution is 5.38. The van der Waals surface area contributed by atoms with Crippen molar-refractivity contribution in [3.05, 3.63) is 41.7 Å². The van der Waals surface area contributed by atoms with Gasteiger partial charge in [-0.25, -0.2) is 4.68 Å². The Labute approximate surface area is 131 Å². The molecule has 4 nitrogen and oxygen atoms in total. The minimum absolute atomic E-state index is 0.635. The molecule has 0 amide bonds. The molecule has 1 aromatic carbocycles. The van der Waals surface area contributed by atoms with Crippen LogP contribution in [0.15, 0.2) is 30.3 Å². The Morgan fingerprint density at radius 3 is 2.59 bits per heavy atom. The van der Waals surface area contributed by atoms with Crippen molar-refractivity contribution in [1.29, 1.82) is 0 Å². The second kappa shape index (κ2) is 5.43. The first-order valence-corrected chi connectivity index (χ1v) is 8.19. The summed E-state index contributed by atoms with van der Waals surface area (Å²) in [5.41, 5.74) is 3.28. The van der Waals surface area contributed by atoms with Crippen LogP contribution in [0.25, 0.3) is 5.69 Å². The fraction of sp³-hybridized carbons (Fsp3) is 0.500. The van der Waals surface area contributed by atoms with Crippen LogP contribution in [0.5, 0.6) is 5.75 Å². The first-order valence-electron chi connectivity index (χ1n) is 8.19. The molecule has 1 saturated heterocycles. The number of hydrogen-bond acceptors (Lipinski definition) is 3. The van der Waals surface area contributed by atoms with E-state index in [2.05, 4.69) is 35.1 Å². The zero-order valence-corrected chi connectivity index (χ0v) is 13.3. The monoisotopic (exact) mass is 297 g/mol. The van der Waals surface area contributed by atoms with E-state index in [0.717, 1.165) is 35.3 Å². The van der Waals surface area contributed by atoms with Gasteiger partial charge in [0.15, 0.2) is 0 Å². The fourth-order valence-corrected chi connectivity index (χ4v) is 3.00. The van der Waals surface area contributed by atoms with Crippen molar-refractivity contribution >= 4 is 0 Å². The van der Waals surface area contributed by atoms with E-state index >= 15 is 0 Å². The Bertz CT molecular complexity index is 657. The Balaban J connectivity index is 1.33. The van der Waals surface area contributed by atoms with Crippen molar-refractivity contribution in [3.8, 4) is 11.4 Å². The largest absolute Gasteiger partial charge is 0.492 e. The van der Waals surface area contributed by atoms with Gasteiger partial charge in [0.1, 0.15) is 12.4 Å². The van der Waals surface area contributed by atoms with Crippen LogP contribution in [0.4, 0.5) is 0 Å². The lowest BCUT2D eigenvalue weighted by molar-refractivity contribution is 0.292. The molecule has 2 atom stereocenters. The SMILES string of the molecule is Cc1cc(C)n(-c2ccc(OCC3CN3CC3CC3)cc2)n1. The van der Waals surface area contributed by atoms with Gasteiger partial charge in [0, 0.05) is 18.8 Å². The maximum Gasteiger partial charge on any atom is 0.119 e. The molecule has 2 fully saturated rings. The number of aryl methyl sites for hydroxylation is 2. The second-order valence-electron chi connectivity index (χ2n) is 6.69. The lowest BCUT2D eigenvalue weighted by Crippen LogP contribution is -2.12. The van der Waals surface area contributed by atoms with Crippen molar-refractivity contribution in [3.63, 3.8) is 0 Å². The third-order valence-corrected chi connectivity index (χ3v) is 4.55. The first kappa shape index (κ1) is 13.8. The molecule has 2 aromatic rings. The zero-order chi connectivity index (χ0) is 15.1. The summed E-state index contributed by atoms with van der Waals surface area (Å²) in [5.74, 6) is 1.92. The molecular weight excluding hydrogens is 274 g/mol. The molecule has 1 aromatic heterocycles. The fourth-order valence-electron chi connectivity index (χ4n) is 3.00. The number of hydrogen-bond donors (Lipinski definition) is 0. The standard InChI is InChI=1S/C18H23N3O/c1-13-9-14(2)21(19-13)16-5-7-18(8-6-16)22-12-17-11-20(17)10-15-3-4-15/h5-9,15,17H,3-4,10-12H2,1-2H3. The molecule has 116 valence electrons. The van der Waals surface area contributed by atoms with Crippen LogP contribution >= 0.6 is 0 Å². The van der Waals surface area contributed by atoms with Gasteiger partial charge in [-0.15, -0.1) is 0 Å². The molecule has 4 rings (SSSR count). The van der Waals surface area contributed by atoms with Crippen LogP contribution in [-0.4, -0.2) is 40.4 Å². The summed E-state index contributed by atoms with van der Waals surface area (Å²) < 4.78 is 7.89. The molecule has 0 bridgehead atoms. The topological polar surface area (TPSA) is 30.1 Å². The summed E-state index contributed by atoms with van der Waals surface area (Å²) >= 11 is 0. The van der Waals surface area contributed by atoms with Crippen molar-refractivity contribution in [2.75, 3.05) is 19.7 Å². The van der Waals surface area contributed by atoms with Gasteiger partial charge >= 0.3 is 0 Å². The van der Waals surface area contributed by atoms with Gasteiger partial charge < -0.3 is 4.74 Å². The molecular formula is C18H23N3O. The summed E-state index contributed by atoms with van der Waals surface area (Å²) in [7, 11) is 0. The molecule has 1 aliphatic carbocycles. The number of ether oxygens (including phenoxy) is 1. The molecule has 0 radical (unpaired) electrons.